The Bertz CT molecular complexity index is 1910. The Morgan fingerprint density at radius 3 is 1.89 bits per heavy atom. The van der Waals surface area contributed by atoms with Gasteiger partial charge in [0.2, 0.25) is 0 Å². The summed E-state index contributed by atoms with van der Waals surface area (Å²) in [5.74, 6) is 0.277. The lowest BCUT2D eigenvalue weighted by Crippen LogP contribution is -2.34. The maximum atomic E-state index is 14.2. The minimum Gasteiger partial charge on any atom is -0.455 e. The summed E-state index contributed by atoms with van der Waals surface area (Å²) in [4.78, 5) is 28.4. The number of hydrogen-bond acceptors (Lipinski definition) is 3. The lowest BCUT2D eigenvalue weighted by atomic mass is 9.91. The molecule has 6 rings (SSSR count). The Balaban J connectivity index is 1.90. The molecule has 6 heteroatoms. The Morgan fingerprint density at radius 1 is 0.694 bits per heavy atom. The molecule has 0 radical (unpaired) electrons. The predicted molar refractivity (Wildman–Crippen MR) is 155 cm³/mol. The first-order valence-corrected chi connectivity index (χ1v) is 13.6. The summed E-state index contributed by atoms with van der Waals surface area (Å²) in [6.07, 6.45) is 0. The third kappa shape index (κ3) is 3.17. The molecule has 0 N–H and O–H groups in total. The molecule has 36 heavy (non-hydrogen) atoms. The lowest BCUT2D eigenvalue weighted by Gasteiger charge is -2.22. The van der Waals surface area contributed by atoms with Gasteiger partial charge in [-0.25, -0.2) is 4.57 Å². The van der Waals surface area contributed by atoms with Gasteiger partial charge in [0, 0.05) is 26.0 Å². The number of halogens is 2. The van der Waals surface area contributed by atoms with Crippen molar-refractivity contribution in [1.29, 1.82) is 0 Å². The zero-order valence-electron chi connectivity index (χ0n) is 20.3. The van der Waals surface area contributed by atoms with Crippen molar-refractivity contribution in [2.75, 3.05) is 0 Å². The van der Waals surface area contributed by atoms with Gasteiger partial charge in [0.1, 0.15) is 11.2 Å². The topological polar surface area (TPSA) is 52.2 Å². The van der Waals surface area contributed by atoms with Crippen molar-refractivity contribution < 1.29 is 4.42 Å². The van der Waals surface area contributed by atoms with Crippen LogP contribution in [0.5, 0.6) is 0 Å². The molecular weight excluding hydrogens is 582 g/mol. The zero-order valence-corrected chi connectivity index (χ0v) is 23.5. The molecule has 0 atom stereocenters. The van der Waals surface area contributed by atoms with Gasteiger partial charge in [-0.05, 0) is 57.1 Å². The van der Waals surface area contributed by atoms with E-state index in [1.54, 1.807) is 6.07 Å². The number of benzene rings is 4. The molecule has 6 aromatic rings. The van der Waals surface area contributed by atoms with Crippen molar-refractivity contribution in [3.05, 3.63) is 95.4 Å². The van der Waals surface area contributed by atoms with Gasteiger partial charge in [0.25, 0.3) is 11.1 Å². The van der Waals surface area contributed by atoms with E-state index in [2.05, 4.69) is 59.6 Å². The van der Waals surface area contributed by atoms with E-state index in [1.807, 2.05) is 48.5 Å². The van der Waals surface area contributed by atoms with Crippen molar-refractivity contribution in [2.45, 2.75) is 39.5 Å². The highest BCUT2D eigenvalue weighted by atomic mass is 79.9. The highest BCUT2D eigenvalue weighted by Gasteiger charge is 2.25. The summed E-state index contributed by atoms with van der Waals surface area (Å²) in [6, 6.07) is 17.5. The third-order valence-corrected chi connectivity index (χ3v) is 8.28. The average molecular weight is 605 g/mol. The van der Waals surface area contributed by atoms with E-state index in [4.69, 9.17) is 4.42 Å². The van der Waals surface area contributed by atoms with E-state index in [0.29, 0.717) is 31.9 Å². The minimum absolute atomic E-state index is 0.138. The molecule has 0 aliphatic carbocycles. The minimum atomic E-state index is -0.318. The monoisotopic (exact) mass is 603 g/mol. The standard InChI is InChI=1S/C30H23Br2NO3/c1-14(2)16-9-7-10-17(15(3)4)27(16)33-29(34)19-12-21(31)25-18-8-5-6-11-23(18)36-28-22(32)13-20(30(33)35)24(19)26(25)28/h5-15H,1-4H3. The second-order valence-electron chi connectivity index (χ2n) is 9.90. The number of aromatic nitrogens is 1. The van der Waals surface area contributed by atoms with E-state index < -0.39 is 0 Å². The highest BCUT2D eigenvalue weighted by Crippen LogP contribution is 2.43. The van der Waals surface area contributed by atoms with Gasteiger partial charge in [-0.1, -0.05) is 80.0 Å². The van der Waals surface area contributed by atoms with E-state index >= 15 is 0 Å². The van der Waals surface area contributed by atoms with Crippen LogP contribution < -0.4 is 11.1 Å². The molecule has 180 valence electrons. The molecule has 0 aliphatic rings. The average Bonchev–Trinajstić information content (AvgIpc) is 2.85. The Labute approximate surface area is 224 Å². The SMILES string of the molecule is CC(C)c1cccc(C(C)C)c1-n1c(=O)c2cc(Br)c3oc4ccccc4c4c(Br)cc(c1=O)c2c34. The van der Waals surface area contributed by atoms with Crippen LogP contribution in [0.1, 0.15) is 50.7 Å². The normalized spacial score (nSPS) is 12.3. The van der Waals surface area contributed by atoms with Crippen molar-refractivity contribution in [1.82, 2.24) is 4.57 Å². The number of para-hydroxylation sites is 2. The summed E-state index contributed by atoms with van der Waals surface area (Å²) < 4.78 is 9.14. The molecule has 4 aromatic carbocycles. The highest BCUT2D eigenvalue weighted by molar-refractivity contribution is 9.11. The number of rotatable bonds is 3. The summed E-state index contributed by atoms with van der Waals surface area (Å²) in [5.41, 5.74) is 3.37. The van der Waals surface area contributed by atoms with Gasteiger partial charge in [-0.3, -0.25) is 9.59 Å². The lowest BCUT2D eigenvalue weighted by molar-refractivity contribution is 0.660. The molecule has 0 unspecified atom stereocenters. The summed E-state index contributed by atoms with van der Waals surface area (Å²) in [6.45, 7) is 8.35. The van der Waals surface area contributed by atoms with Crippen LogP contribution in [0, 0.1) is 0 Å². The van der Waals surface area contributed by atoms with Crippen molar-refractivity contribution in [2.24, 2.45) is 0 Å². The van der Waals surface area contributed by atoms with Crippen molar-refractivity contribution in [3.63, 3.8) is 0 Å². The second-order valence-corrected chi connectivity index (χ2v) is 11.6. The molecule has 4 nitrogen and oxygen atoms in total. The van der Waals surface area contributed by atoms with Gasteiger partial charge in [-0.2, -0.15) is 0 Å². The summed E-state index contributed by atoms with van der Waals surface area (Å²) in [5, 5.41) is 4.22. The van der Waals surface area contributed by atoms with Crippen molar-refractivity contribution in [3.8, 4) is 5.69 Å². The van der Waals surface area contributed by atoms with Crippen LogP contribution in [0.2, 0.25) is 0 Å². The van der Waals surface area contributed by atoms with Crippen LogP contribution >= 0.6 is 31.9 Å². The molecular formula is C30H23Br2NO3. The fourth-order valence-corrected chi connectivity index (χ4v) is 6.57. The first kappa shape index (κ1) is 23.4. The summed E-state index contributed by atoms with van der Waals surface area (Å²) in [7, 11) is 0. The molecule has 0 spiro atoms. The van der Waals surface area contributed by atoms with Crippen LogP contribution in [0.25, 0.3) is 49.2 Å². The zero-order chi connectivity index (χ0) is 25.5. The van der Waals surface area contributed by atoms with Gasteiger partial charge in [0.15, 0.2) is 0 Å². The second kappa shape index (κ2) is 8.29. The Hall–Kier alpha value is -2.96. The quantitative estimate of drug-likeness (QED) is 0.150. The first-order chi connectivity index (χ1) is 17.2. The summed E-state index contributed by atoms with van der Waals surface area (Å²) >= 11 is 7.41. The number of hydrogen-bond donors (Lipinski definition) is 0. The van der Waals surface area contributed by atoms with Gasteiger partial charge in [0.05, 0.1) is 20.9 Å². The molecule has 0 saturated heterocycles. The Morgan fingerprint density at radius 2 is 1.28 bits per heavy atom. The van der Waals surface area contributed by atoms with E-state index in [0.717, 1.165) is 37.3 Å². The molecule has 2 heterocycles. The smallest absolute Gasteiger partial charge is 0.266 e. The van der Waals surface area contributed by atoms with Crippen LogP contribution in [0.4, 0.5) is 0 Å². The van der Waals surface area contributed by atoms with Gasteiger partial charge < -0.3 is 4.42 Å². The predicted octanol–water partition coefficient (Wildman–Crippen LogP) is 8.61. The third-order valence-electron chi connectivity index (χ3n) is 7.07. The Kier molecular flexibility index (Phi) is 5.39. The van der Waals surface area contributed by atoms with Gasteiger partial charge in [-0.15, -0.1) is 0 Å². The van der Waals surface area contributed by atoms with Crippen LogP contribution in [-0.4, -0.2) is 4.57 Å². The van der Waals surface area contributed by atoms with Gasteiger partial charge >= 0.3 is 0 Å². The molecule has 0 aliphatic heterocycles. The first-order valence-electron chi connectivity index (χ1n) is 12.0. The molecule has 0 fully saturated rings. The molecule has 0 amide bonds. The van der Waals surface area contributed by atoms with Crippen molar-refractivity contribution >= 4 is 75.3 Å². The van der Waals surface area contributed by atoms with Crippen LogP contribution in [-0.2, 0) is 0 Å². The van der Waals surface area contributed by atoms with E-state index in [9.17, 15) is 9.59 Å². The number of fused-ring (bicyclic) bond motifs is 2. The maximum absolute atomic E-state index is 14.2. The molecule has 0 saturated carbocycles. The number of nitrogens with zero attached hydrogens (tertiary/aromatic N) is 1. The fraction of sp³-hybridized carbons (Fsp3) is 0.200. The largest absolute Gasteiger partial charge is 0.455 e. The number of pyridine rings is 1. The van der Waals surface area contributed by atoms with Crippen LogP contribution in [0.15, 0.2) is 77.5 Å². The fourth-order valence-electron chi connectivity index (χ4n) is 5.42. The van der Waals surface area contributed by atoms with E-state index in [1.165, 1.54) is 4.57 Å². The van der Waals surface area contributed by atoms with E-state index in [-0.39, 0.29) is 23.0 Å². The van der Waals surface area contributed by atoms with Crippen LogP contribution in [0.3, 0.4) is 0 Å². The molecule has 0 bridgehead atoms. The maximum Gasteiger partial charge on any atom is 0.266 e. The molecule has 2 aromatic heterocycles.